The molecule has 3 N–H and O–H groups in total. The number of nitrogens with one attached hydrogen (secondary N) is 1. The van der Waals surface area contributed by atoms with Gasteiger partial charge in [0.1, 0.15) is 5.82 Å². The smallest absolute Gasteiger partial charge is 0.340 e. The van der Waals surface area contributed by atoms with Gasteiger partial charge in [0.2, 0.25) is 5.91 Å². The van der Waals surface area contributed by atoms with Crippen LogP contribution >= 0.6 is 12.4 Å². The third kappa shape index (κ3) is 3.78. The summed E-state index contributed by atoms with van der Waals surface area (Å²) in [5, 5.41) is 2.98. The van der Waals surface area contributed by atoms with Crippen molar-refractivity contribution in [2.24, 2.45) is 5.73 Å². The summed E-state index contributed by atoms with van der Waals surface area (Å²) in [4.78, 5) is 24.1. The standard InChI is InChI=1S/C17H21FN2O4.ClH/c1-23-14(21)12-3-2-11(10-13(12)18)17(4-5-17)20-15(22)16(19)6-8-24-9-7-16;/h2-3,10H,4-9,19H2,1H3,(H,20,22);1H. The van der Waals surface area contributed by atoms with Crippen LogP contribution in [-0.2, 0) is 19.8 Å². The molecule has 6 nitrogen and oxygen atoms in total. The number of benzene rings is 1. The molecule has 1 aromatic carbocycles. The fourth-order valence-corrected chi connectivity index (χ4v) is 3.00. The summed E-state index contributed by atoms with van der Waals surface area (Å²) in [7, 11) is 1.20. The van der Waals surface area contributed by atoms with Crippen LogP contribution in [0, 0.1) is 5.82 Å². The zero-order valence-corrected chi connectivity index (χ0v) is 14.8. The SMILES string of the molecule is COC(=O)c1ccc(C2(NC(=O)C3(N)CCOCC3)CC2)cc1F.Cl. The van der Waals surface area contributed by atoms with Gasteiger partial charge in [0.15, 0.2) is 0 Å². The van der Waals surface area contributed by atoms with Gasteiger partial charge in [-0.05, 0) is 43.4 Å². The molecule has 0 atom stereocenters. The monoisotopic (exact) mass is 372 g/mol. The maximum atomic E-state index is 14.2. The molecule has 0 bridgehead atoms. The van der Waals surface area contributed by atoms with Crippen molar-refractivity contribution in [3.63, 3.8) is 0 Å². The number of carbonyl (C=O) groups excluding carboxylic acids is 2. The van der Waals surface area contributed by atoms with E-state index < -0.39 is 22.9 Å². The number of nitrogens with two attached hydrogens (primary N) is 1. The van der Waals surface area contributed by atoms with Gasteiger partial charge in [-0.15, -0.1) is 12.4 Å². The molecular formula is C17H22ClFN2O4. The fraction of sp³-hybridized carbons (Fsp3) is 0.529. The van der Waals surface area contributed by atoms with E-state index in [0.29, 0.717) is 44.5 Å². The van der Waals surface area contributed by atoms with Crippen LogP contribution in [0.3, 0.4) is 0 Å². The van der Waals surface area contributed by atoms with Crippen LogP contribution in [-0.4, -0.2) is 37.7 Å². The van der Waals surface area contributed by atoms with Crippen molar-refractivity contribution >= 4 is 24.3 Å². The molecule has 1 amide bonds. The van der Waals surface area contributed by atoms with Gasteiger partial charge in [0, 0.05) is 13.2 Å². The van der Waals surface area contributed by atoms with E-state index in [1.807, 2.05) is 0 Å². The van der Waals surface area contributed by atoms with Crippen LogP contribution in [0.5, 0.6) is 0 Å². The Hall–Kier alpha value is -1.70. The van der Waals surface area contributed by atoms with E-state index in [1.54, 1.807) is 6.07 Å². The van der Waals surface area contributed by atoms with Gasteiger partial charge in [-0.1, -0.05) is 6.07 Å². The average molecular weight is 373 g/mol. The third-order valence-corrected chi connectivity index (χ3v) is 4.87. The van der Waals surface area contributed by atoms with E-state index in [-0.39, 0.29) is 23.9 Å². The van der Waals surface area contributed by atoms with Crippen LogP contribution in [0.4, 0.5) is 4.39 Å². The predicted molar refractivity (Wildman–Crippen MR) is 91.0 cm³/mol. The average Bonchev–Trinajstić information content (AvgIpc) is 3.35. The Labute approximate surface area is 151 Å². The molecule has 1 saturated carbocycles. The van der Waals surface area contributed by atoms with Gasteiger partial charge in [0.25, 0.3) is 0 Å². The second kappa shape index (κ2) is 7.27. The van der Waals surface area contributed by atoms with E-state index in [0.717, 1.165) is 0 Å². The first-order valence-corrected chi connectivity index (χ1v) is 7.98. The van der Waals surface area contributed by atoms with Crippen LogP contribution < -0.4 is 11.1 Å². The second-order valence-corrected chi connectivity index (χ2v) is 6.49. The lowest BCUT2D eigenvalue weighted by atomic mass is 9.89. The maximum absolute atomic E-state index is 14.2. The Morgan fingerprint density at radius 2 is 1.88 bits per heavy atom. The summed E-state index contributed by atoms with van der Waals surface area (Å²) < 4.78 is 24.0. The molecule has 1 aliphatic heterocycles. The minimum absolute atomic E-state index is 0. The summed E-state index contributed by atoms with van der Waals surface area (Å²) in [5.41, 5.74) is 5.17. The number of amides is 1. The van der Waals surface area contributed by atoms with Gasteiger partial charge in [-0.2, -0.15) is 0 Å². The topological polar surface area (TPSA) is 90.7 Å². The number of carbonyl (C=O) groups is 2. The minimum Gasteiger partial charge on any atom is -0.465 e. The highest BCUT2D eigenvalue weighted by atomic mass is 35.5. The lowest BCUT2D eigenvalue weighted by Crippen LogP contribution is -2.58. The van der Waals surface area contributed by atoms with Crippen molar-refractivity contribution in [1.29, 1.82) is 0 Å². The number of hydrogen-bond acceptors (Lipinski definition) is 5. The van der Waals surface area contributed by atoms with E-state index in [2.05, 4.69) is 10.1 Å². The Morgan fingerprint density at radius 1 is 1.24 bits per heavy atom. The predicted octanol–water partition coefficient (Wildman–Crippen LogP) is 1.65. The number of methoxy groups -OCH3 is 1. The molecule has 138 valence electrons. The molecule has 25 heavy (non-hydrogen) atoms. The first-order valence-electron chi connectivity index (χ1n) is 7.98. The zero-order valence-electron chi connectivity index (χ0n) is 14.0. The highest BCUT2D eigenvalue weighted by molar-refractivity contribution is 5.90. The molecule has 1 aliphatic carbocycles. The Balaban J connectivity index is 0.00000225. The van der Waals surface area contributed by atoms with Crippen molar-refractivity contribution in [3.8, 4) is 0 Å². The summed E-state index contributed by atoms with van der Waals surface area (Å²) >= 11 is 0. The van der Waals surface area contributed by atoms with E-state index in [4.69, 9.17) is 10.5 Å². The quantitative estimate of drug-likeness (QED) is 0.784. The van der Waals surface area contributed by atoms with E-state index in [9.17, 15) is 14.0 Å². The van der Waals surface area contributed by atoms with Crippen molar-refractivity contribution in [3.05, 3.63) is 35.1 Å². The van der Waals surface area contributed by atoms with Crippen LogP contribution in [0.15, 0.2) is 18.2 Å². The van der Waals surface area contributed by atoms with Crippen molar-refractivity contribution < 1.29 is 23.5 Å². The molecule has 1 saturated heterocycles. The lowest BCUT2D eigenvalue weighted by Gasteiger charge is -2.33. The van der Waals surface area contributed by atoms with Gasteiger partial charge < -0.3 is 20.5 Å². The Morgan fingerprint density at radius 3 is 2.40 bits per heavy atom. The molecule has 0 aromatic heterocycles. The summed E-state index contributed by atoms with van der Waals surface area (Å²) in [5.74, 6) is -1.62. The zero-order chi connectivity index (χ0) is 17.4. The number of ether oxygens (including phenoxy) is 2. The first kappa shape index (κ1) is 19.6. The highest BCUT2D eigenvalue weighted by Crippen LogP contribution is 2.46. The number of halogens is 2. The lowest BCUT2D eigenvalue weighted by molar-refractivity contribution is -0.130. The molecular weight excluding hydrogens is 351 g/mol. The number of esters is 1. The highest BCUT2D eigenvalue weighted by Gasteiger charge is 2.49. The van der Waals surface area contributed by atoms with Gasteiger partial charge >= 0.3 is 5.97 Å². The summed E-state index contributed by atoms with van der Waals surface area (Å²) in [6, 6.07) is 4.32. The molecule has 2 fully saturated rings. The third-order valence-electron chi connectivity index (χ3n) is 4.87. The molecule has 1 aromatic rings. The number of rotatable bonds is 4. The van der Waals surface area contributed by atoms with Gasteiger partial charge in [-0.3, -0.25) is 4.79 Å². The molecule has 0 spiro atoms. The van der Waals surface area contributed by atoms with E-state index >= 15 is 0 Å². The van der Waals surface area contributed by atoms with Gasteiger partial charge in [0.05, 0.1) is 23.8 Å². The van der Waals surface area contributed by atoms with Crippen LogP contribution in [0.1, 0.15) is 41.6 Å². The van der Waals surface area contributed by atoms with Crippen LogP contribution in [0.25, 0.3) is 0 Å². The second-order valence-electron chi connectivity index (χ2n) is 6.49. The molecule has 2 aliphatic rings. The molecule has 1 heterocycles. The number of hydrogen-bond donors (Lipinski definition) is 2. The Kier molecular flexibility index (Phi) is 5.71. The summed E-state index contributed by atoms with van der Waals surface area (Å²) in [6.07, 6.45) is 2.35. The molecule has 0 unspecified atom stereocenters. The van der Waals surface area contributed by atoms with E-state index in [1.165, 1.54) is 19.2 Å². The van der Waals surface area contributed by atoms with Crippen molar-refractivity contribution in [1.82, 2.24) is 5.32 Å². The fourth-order valence-electron chi connectivity index (χ4n) is 3.00. The normalized spacial score (nSPS) is 20.1. The molecule has 8 heteroatoms. The largest absolute Gasteiger partial charge is 0.465 e. The first-order chi connectivity index (χ1) is 11.4. The minimum atomic E-state index is -0.946. The van der Waals surface area contributed by atoms with Crippen LogP contribution in [0.2, 0.25) is 0 Å². The maximum Gasteiger partial charge on any atom is 0.340 e. The molecule has 0 radical (unpaired) electrons. The Bertz CT molecular complexity index is 673. The van der Waals surface area contributed by atoms with Gasteiger partial charge in [-0.25, -0.2) is 9.18 Å². The van der Waals surface area contributed by atoms with Crippen molar-refractivity contribution in [2.45, 2.75) is 36.8 Å². The summed E-state index contributed by atoms with van der Waals surface area (Å²) in [6.45, 7) is 0.915. The van der Waals surface area contributed by atoms with Crippen molar-refractivity contribution in [2.75, 3.05) is 20.3 Å². The molecule has 3 rings (SSSR count).